The zero-order chi connectivity index (χ0) is 23.3. The molecule has 1 aromatic heterocycles. The van der Waals surface area contributed by atoms with Gasteiger partial charge in [0.1, 0.15) is 5.75 Å². The van der Waals surface area contributed by atoms with E-state index in [0.717, 1.165) is 24.4 Å². The third-order valence-electron chi connectivity index (χ3n) is 5.54. The summed E-state index contributed by atoms with van der Waals surface area (Å²) in [7, 11) is 2.85. The second kappa shape index (κ2) is 8.68. The lowest BCUT2D eigenvalue weighted by Crippen LogP contribution is -2.44. The lowest BCUT2D eigenvalue weighted by Gasteiger charge is -2.40. The Balaban J connectivity index is 1.66. The van der Waals surface area contributed by atoms with Crippen LogP contribution >= 0.6 is 43.2 Å². The number of hydrazine groups is 1. The Hall–Kier alpha value is -2.53. The number of carboxylic acids is 1. The number of nitrogens with zero attached hydrogens (tertiary/aromatic N) is 1. The third-order valence-corrected chi connectivity index (χ3v) is 7.69. The molecule has 10 heteroatoms. The molecule has 3 heterocycles. The van der Waals surface area contributed by atoms with Crippen LogP contribution in [0.25, 0.3) is 5.70 Å². The lowest BCUT2D eigenvalue weighted by atomic mass is 9.98. The molecule has 0 fully saturated rings. The first-order chi connectivity index (χ1) is 15.9. The number of rotatable bonds is 5. The van der Waals surface area contributed by atoms with Crippen LogP contribution in [-0.2, 0) is 0 Å². The van der Waals surface area contributed by atoms with E-state index in [-0.39, 0.29) is 17.4 Å². The number of carbonyl (C=O) groups is 1. The minimum Gasteiger partial charge on any atom is -0.545 e. The number of carboxylic acid groups (broad SMARTS) is 1. The summed E-state index contributed by atoms with van der Waals surface area (Å²) >= 11 is 8.66. The van der Waals surface area contributed by atoms with Crippen LogP contribution in [0.15, 0.2) is 56.8 Å². The van der Waals surface area contributed by atoms with Gasteiger partial charge in [-0.25, -0.2) is 0 Å². The molecule has 3 aromatic rings. The number of benzene rings is 2. The van der Waals surface area contributed by atoms with E-state index >= 15 is 0 Å². The quantitative estimate of drug-likeness (QED) is 0.462. The van der Waals surface area contributed by atoms with Crippen LogP contribution < -0.4 is 24.7 Å². The molecule has 170 valence electrons. The van der Waals surface area contributed by atoms with Gasteiger partial charge in [-0.1, -0.05) is 15.9 Å². The van der Waals surface area contributed by atoms with Crippen LogP contribution in [-0.4, -0.2) is 25.2 Å². The molecule has 2 aliphatic heterocycles. The van der Waals surface area contributed by atoms with Gasteiger partial charge in [-0.2, -0.15) is 5.01 Å². The van der Waals surface area contributed by atoms with Gasteiger partial charge in [0.25, 0.3) is 0 Å². The summed E-state index contributed by atoms with van der Waals surface area (Å²) < 4.78 is 19.0. The molecule has 0 saturated heterocycles. The fraction of sp³-hybridized carbons (Fsp3) is 0.174. The van der Waals surface area contributed by atoms with Crippen LogP contribution in [0.5, 0.6) is 17.2 Å². The highest BCUT2D eigenvalue weighted by atomic mass is 79.9. The summed E-state index contributed by atoms with van der Waals surface area (Å²) in [4.78, 5) is 13.3. The summed E-state index contributed by atoms with van der Waals surface area (Å²) in [6, 6.07) is 12.9. The normalized spacial score (nSPS) is 19.1. The number of aromatic carboxylic acids is 1. The van der Waals surface area contributed by atoms with Crippen molar-refractivity contribution in [2.45, 2.75) is 12.3 Å². The van der Waals surface area contributed by atoms with Gasteiger partial charge < -0.3 is 29.5 Å². The molecule has 0 saturated carbocycles. The summed E-state index contributed by atoms with van der Waals surface area (Å²) in [6.45, 7) is 0. The van der Waals surface area contributed by atoms with Crippen LogP contribution in [0.1, 0.15) is 38.6 Å². The number of halogens is 2. The van der Waals surface area contributed by atoms with Gasteiger partial charge in [0.15, 0.2) is 17.7 Å². The first-order valence-electron chi connectivity index (χ1n) is 9.86. The van der Waals surface area contributed by atoms with Crippen molar-refractivity contribution in [2.24, 2.45) is 0 Å². The molecule has 5 rings (SSSR count). The van der Waals surface area contributed by atoms with Crippen molar-refractivity contribution in [2.75, 3.05) is 14.2 Å². The third kappa shape index (κ3) is 3.80. The van der Waals surface area contributed by atoms with Crippen LogP contribution in [0.4, 0.5) is 0 Å². The Morgan fingerprint density at radius 2 is 1.94 bits per heavy atom. The first kappa shape index (κ1) is 22.3. The highest BCUT2D eigenvalue weighted by Gasteiger charge is 2.42. The average molecular weight is 593 g/mol. The number of nitrogens with one attached hydrogen (secondary N) is 1. The molecule has 1 N–H and O–H groups in total. The maximum absolute atomic E-state index is 12.2. The van der Waals surface area contributed by atoms with Gasteiger partial charge in [0, 0.05) is 15.6 Å². The van der Waals surface area contributed by atoms with Crippen molar-refractivity contribution in [3.05, 3.63) is 78.4 Å². The summed E-state index contributed by atoms with van der Waals surface area (Å²) in [5.41, 5.74) is 5.56. The van der Waals surface area contributed by atoms with Crippen LogP contribution in [0.3, 0.4) is 0 Å². The van der Waals surface area contributed by atoms with E-state index in [1.165, 1.54) is 14.2 Å². The smallest absolute Gasteiger partial charge is 0.196 e. The molecule has 0 aliphatic carbocycles. The second-order valence-corrected chi connectivity index (χ2v) is 10.7. The minimum absolute atomic E-state index is 0.0892. The predicted molar refractivity (Wildman–Crippen MR) is 129 cm³/mol. The predicted octanol–water partition coefficient (Wildman–Crippen LogP) is 4.65. The molecular formula is C23H17Br2N2O5S-. The molecule has 2 aliphatic rings. The molecular weight excluding hydrogens is 576 g/mol. The number of carbonyl (C=O) groups excluding carboxylic acids is 1. The fourth-order valence-corrected chi connectivity index (χ4v) is 5.87. The summed E-state index contributed by atoms with van der Waals surface area (Å²) in [5.74, 6) is -0.327. The minimum atomic E-state index is -1.38. The summed E-state index contributed by atoms with van der Waals surface area (Å²) in [5, 5.41) is 14.1. The molecule has 0 bridgehead atoms. The van der Waals surface area contributed by atoms with Gasteiger partial charge in [-0.05, 0) is 64.5 Å². The largest absolute Gasteiger partial charge is 0.545 e. The summed E-state index contributed by atoms with van der Waals surface area (Å²) in [6.07, 6.45) is 1.34. The number of hydrogen-bond acceptors (Lipinski definition) is 8. The maximum atomic E-state index is 12.2. The Labute approximate surface area is 210 Å². The highest BCUT2D eigenvalue weighted by molar-refractivity contribution is 9.11. The van der Waals surface area contributed by atoms with E-state index in [9.17, 15) is 9.90 Å². The molecule has 2 atom stereocenters. The topological polar surface area (TPSA) is 83.1 Å². The number of ether oxygens (including phenoxy) is 3. The molecule has 0 spiro atoms. The zero-order valence-corrected chi connectivity index (χ0v) is 21.4. The molecule has 33 heavy (non-hydrogen) atoms. The van der Waals surface area contributed by atoms with Crippen molar-refractivity contribution in [1.82, 2.24) is 10.4 Å². The van der Waals surface area contributed by atoms with Gasteiger partial charge in [-0.3, -0.25) is 0 Å². The van der Waals surface area contributed by atoms with Crippen molar-refractivity contribution in [3.63, 3.8) is 0 Å². The van der Waals surface area contributed by atoms with Crippen molar-refractivity contribution < 1.29 is 24.1 Å². The van der Waals surface area contributed by atoms with E-state index in [0.29, 0.717) is 17.1 Å². The maximum Gasteiger partial charge on any atom is 0.196 e. The van der Waals surface area contributed by atoms with Gasteiger partial charge in [0.2, 0.25) is 0 Å². The molecule has 0 unspecified atom stereocenters. The standard InChI is InChI=1S/C23H18Br2N2O5S/c1-30-17-6-4-12(20(23(28)29)21(17)31-2)22-27-15(13-9-11(24)3-5-16(13)32-22)10-14(26-27)18-7-8-19(25)33-18/h3-10,15,22,26H,1-2H3,(H,28,29)/p-1/t15-,22+/m0/s1. The van der Waals surface area contributed by atoms with Gasteiger partial charge >= 0.3 is 0 Å². The van der Waals surface area contributed by atoms with Gasteiger partial charge in [-0.15, -0.1) is 11.3 Å². The highest BCUT2D eigenvalue weighted by Crippen LogP contribution is 2.49. The fourth-order valence-electron chi connectivity index (χ4n) is 4.13. The SMILES string of the molecule is COc1ccc([C@H]2Oc3ccc(Br)cc3[C@@H]3C=C(c4ccc(Br)s4)NN23)c(C(=O)[O-])c1OC. The Kier molecular flexibility index (Phi) is 5.86. The Bertz CT molecular complexity index is 1290. The van der Waals surface area contributed by atoms with Crippen LogP contribution in [0.2, 0.25) is 0 Å². The van der Waals surface area contributed by atoms with Crippen molar-refractivity contribution in [1.29, 1.82) is 0 Å². The van der Waals surface area contributed by atoms with E-state index in [4.69, 9.17) is 14.2 Å². The van der Waals surface area contributed by atoms with Crippen LogP contribution in [0, 0.1) is 0 Å². The second-order valence-electron chi connectivity index (χ2n) is 7.35. The van der Waals surface area contributed by atoms with Gasteiger partial charge in [0.05, 0.1) is 46.2 Å². The molecule has 7 nitrogen and oxygen atoms in total. The average Bonchev–Trinajstić information content (AvgIpc) is 3.44. The van der Waals surface area contributed by atoms with E-state index < -0.39 is 12.2 Å². The van der Waals surface area contributed by atoms with E-state index in [1.807, 2.05) is 35.3 Å². The Morgan fingerprint density at radius 1 is 1.12 bits per heavy atom. The molecule has 0 amide bonds. The number of thiophene rings is 1. The molecule has 0 radical (unpaired) electrons. The first-order valence-corrected chi connectivity index (χ1v) is 12.3. The van der Waals surface area contributed by atoms with Crippen molar-refractivity contribution >= 4 is 54.9 Å². The molecule has 2 aromatic carbocycles. The number of hydrogen-bond donors (Lipinski definition) is 1. The van der Waals surface area contributed by atoms with Crippen molar-refractivity contribution in [3.8, 4) is 17.2 Å². The lowest BCUT2D eigenvalue weighted by molar-refractivity contribution is -0.255. The Morgan fingerprint density at radius 3 is 2.61 bits per heavy atom. The zero-order valence-electron chi connectivity index (χ0n) is 17.4. The monoisotopic (exact) mass is 591 g/mol. The van der Waals surface area contributed by atoms with E-state index in [2.05, 4.69) is 43.4 Å². The van der Waals surface area contributed by atoms with E-state index in [1.54, 1.807) is 23.5 Å². The number of fused-ring (bicyclic) bond motifs is 3. The number of methoxy groups -OCH3 is 2.